The van der Waals surface area contributed by atoms with E-state index in [1.54, 1.807) is 32.4 Å². The number of hydrogen-bond donors (Lipinski definition) is 2. The van der Waals surface area contributed by atoms with Crippen LogP contribution in [-0.4, -0.2) is 79.3 Å². The van der Waals surface area contributed by atoms with Gasteiger partial charge < -0.3 is 29.4 Å². The molecule has 3 heterocycles. The van der Waals surface area contributed by atoms with Crippen LogP contribution in [0.3, 0.4) is 0 Å². The van der Waals surface area contributed by atoms with Gasteiger partial charge in [0.2, 0.25) is 0 Å². The van der Waals surface area contributed by atoms with E-state index < -0.39 is 5.60 Å². The molecule has 26 heavy (non-hydrogen) atoms. The van der Waals surface area contributed by atoms with Gasteiger partial charge >= 0.3 is 0 Å². The molecule has 2 unspecified atom stereocenters. The van der Waals surface area contributed by atoms with Crippen LogP contribution in [0.15, 0.2) is 27.8 Å². The summed E-state index contributed by atoms with van der Waals surface area (Å²) in [5, 5.41) is 13.8. The molecule has 2 aliphatic rings. The molecule has 0 saturated carbocycles. The van der Waals surface area contributed by atoms with Crippen molar-refractivity contribution >= 4 is 11.9 Å². The van der Waals surface area contributed by atoms with E-state index in [0.29, 0.717) is 44.5 Å². The van der Waals surface area contributed by atoms with E-state index in [9.17, 15) is 9.90 Å². The van der Waals surface area contributed by atoms with E-state index in [1.165, 1.54) is 0 Å². The fraction of sp³-hybridized carbons (Fsp3) is 0.667. The molecular weight excluding hydrogens is 336 g/mol. The lowest BCUT2D eigenvalue weighted by atomic mass is 10.0. The number of rotatable bonds is 4. The third kappa shape index (κ3) is 4.19. The number of aliphatic hydroxyl groups is 1. The minimum absolute atomic E-state index is 0.103. The molecule has 1 aromatic rings. The van der Waals surface area contributed by atoms with E-state index in [1.807, 2.05) is 4.90 Å². The van der Waals surface area contributed by atoms with Gasteiger partial charge in [-0.25, -0.2) is 0 Å². The monoisotopic (exact) mass is 364 g/mol. The molecule has 2 fully saturated rings. The van der Waals surface area contributed by atoms with Gasteiger partial charge in [-0.15, -0.1) is 0 Å². The van der Waals surface area contributed by atoms with Crippen molar-refractivity contribution in [3.05, 3.63) is 24.2 Å². The number of ether oxygens (including phenoxy) is 1. The number of piperazine rings is 1. The Morgan fingerprint density at radius 3 is 2.69 bits per heavy atom. The molecule has 2 aliphatic heterocycles. The Morgan fingerprint density at radius 1 is 1.38 bits per heavy atom. The molecule has 0 radical (unpaired) electrons. The normalized spacial score (nSPS) is 23.8. The topological polar surface area (TPSA) is 90.5 Å². The molecule has 2 saturated heterocycles. The fourth-order valence-corrected chi connectivity index (χ4v) is 3.37. The molecule has 2 atom stereocenters. The largest absolute Gasteiger partial charge is 0.466 e. The highest BCUT2D eigenvalue weighted by molar-refractivity contribution is 5.82. The summed E-state index contributed by atoms with van der Waals surface area (Å²) in [5.41, 5.74) is -1.13. The number of hydrogen-bond acceptors (Lipinski definition) is 5. The molecule has 0 aliphatic carbocycles. The van der Waals surface area contributed by atoms with Gasteiger partial charge in [0.25, 0.3) is 5.91 Å². The van der Waals surface area contributed by atoms with E-state index in [2.05, 4.69) is 15.2 Å². The standard InChI is InChI=1S/C18H28N4O4/c1-18(24,15-6-4-12-26-15)13-20-17(19-2)22-9-7-21(8-10-22)16(23)14-5-3-11-25-14/h4,6,12,14,24H,3,5,7-11,13H2,1-2H3,(H,19,20). The lowest BCUT2D eigenvalue weighted by Crippen LogP contribution is -2.56. The van der Waals surface area contributed by atoms with Crippen molar-refractivity contribution < 1.29 is 19.1 Å². The lowest BCUT2D eigenvalue weighted by molar-refractivity contribution is -0.142. The molecule has 144 valence electrons. The maximum atomic E-state index is 12.4. The summed E-state index contributed by atoms with van der Waals surface area (Å²) in [5.74, 6) is 1.32. The first-order valence-electron chi connectivity index (χ1n) is 9.13. The number of amides is 1. The van der Waals surface area contributed by atoms with E-state index in [-0.39, 0.29) is 18.6 Å². The van der Waals surface area contributed by atoms with Crippen molar-refractivity contribution in [2.45, 2.75) is 31.5 Å². The number of carbonyl (C=O) groups excluding carboxylic acids is 1. The minimum Gasteiger partial charge on any atom is -0.466 e. The molecule has 8 heteroatoms. The first kappa shape index (κ1) is 18.7. The summed E-state index contributed by atoms with van der Waals surface area (Å²) in [6.45, 7) is 5.35. The Morgan fingerprint density at radius 2 is 2.12 bits per heavy atom. The van der Waals surface area contributed by atoms with Gasteiger partial charge in [0, 0.05) is 39.8 Å². The Labute approximate surface area is 153 Å². The average molecular weight is 364 g/mol. The maximum Gasteiger partial charge on any atom is 0.251 e. The van der Waals surface area contributed by atoms with Gasteiger partial charge in [0.05, 0.1) is 12.8 Å². The van der Waals surface area contributed by atoms with Crippen molar-refractivity contribution in [3.8, 4) is 0 Å². The smallest absolute Gasteiger partial charge is 0.251 e. The summed E-state index contributed by atoms with van der Waals surface area (Å²) in [6, 6.07) is 3.50. The second-order valence-corrected chi connectivity index (χ2v) is 6.97. The van der Waals surface area contributed by atoms with Crippen LogP contribution in [0.25, 0.3) is 0 Å². The zero-order valence-corrected chi connectivity index (χ0v) is 15.5. The molecule has 0 aromatic carbocycles. The highest BCUT2D eigenvalue weighted by atomic mass is 16.5. The number of carbonyl (C=O) groups is 1. The molecule has 3 rings (SSSR count). The quantitative estimate of drug-likeness (QED) is 0.593. The number of aliphatic imine (C=N–C) groups is 1. The van der Waals surface area contributed by atoms with Gasteiger partial charge in [0.15, 0.2) is 5.96 Å². The van der Waals surface area contributed by atoms with Gasteiger partial charge in [0.1, 0.15) is 17.5 Å². The summed E-state index contributed by atoms with van der Waals surface area (Å²) < 4.78 is 10.8. The maximum absolute atomic E-state index is 12.4. The van der Waals surface area contributed by atoms with E-state index in [4.69, 9.17) is 9.15 Å². The molecular formula is C18H28N4O4. The van der Waals surface area contributed by atoms with Crippen LogP contribution in [0.4, 0.5) is 0 Å². The molecule has 0 spiro atoms. The fourth-order valence-electron chi connectivity index (χ4n) is 3.37. The molecule has 8 nitrogen and oxygen atoms in total. The van der Waals surface area contributed by atoms with Gasteiger partial charge in [-0.05, 0) is 31.9 Å². The Hall–Kier alpha value is -2.06. The first-order valence-corrected chi connectivity index (χ1v) is 9.13. The van der Waals surface area contributed by atoms with Crippen LogP contribution in [0.1, 0.15) is 25.5 Å². The average Bonchev–Trinajstić information content (AvgIpc) is 3.36. The van der Waals surface area contributed by atoms with Gasteiger partial charge in [-0.2, -0.15) is 0 Å². The Kier molecular flexibility index (Phi) is 5.83. The van der Waals surface area contributed by atoms with Crippen molar-refractivity contribution in [1.82, 2.24) is 15.1 Å². The highest BCUT2D eigenvalue weighted by Gasteiger charge is 2.32. The third-order valence-corrected chi connectivity index (χ3v) is 4.95. The number of furan rings is 1. The SMILES string of the molecule is CN=C(NCC(C)(O)c1ccco1)N1CCN(C(=O)C2CCCO2)CC1. The Balaban J connectivity index is 1.50. The second-order valence-electron chi connectivity index (χ2n) is 6.97. The van der Waals surface area contributed by atoms with Gasteiger partial charge in [-0.3, -0.25) is 9.79 Å². The summed E-state index contributed by atoms with van der Waals surface area (Å²) in [4.78, 5) is 20.7. The van der Waals surface area contributed by atoms with Crippen LogP contribution in [0.5, 0.6) is 0 Å². The van der Waals surface area contributed by atoms with Crippen molar-refractivity contribution in [2.75, 3.05) is 46.4 Å². The summed E-state index contributed by atoms with van der Waals surface area (Å²) >= 11 is 0. The zero-order valence-electron chi connectivity index (χ0n) is 15.5. The zero-order chi connectivity index (χ0) is 18.6. The van der Waals surface area contributed by atoms with E-state index >= 15 is 0 Å². The molecule has 1 amide bonds. The lowest BCUT2D eigenvalue weighted by Gasteiger charge is -2.37. The first-order chi connectivity index (χ1) is 12.5. The Bertz CT molecular complexity index is 615. The van der Waals surface area contributed by atoms with Crippen LogP contribution in [0, 0.1) is 0 Å². The predicted octanol–water partition coefficient (Wildman–Crippen LogP) is 0.386. The number of guanidine groups is 1. The number of nitrogens with one attached hydrogen (secondary N) is 1. The predicted molar refractivity (Wildman–Crippen MR) is 96.8 cm³/mol. The van der Waals surface area contributed by atoms with E-state index in [0.717, 1.165) is 12.8 Å². The van der Waals surface area contributed by atoms with Crippen LogP contribution >= 0.6 is 0 Å². The summed E-state index contributed by atoms with van der Waals surface area (Å²) in [6.07, 6.45) is 3.07. The summed E-state index contributed by atoms with van der Waals surface area (Å²) in [7, 11) is 1.72. The second kappa shape index (κ2) is 8.09. The molecule has 0 bridgehead atoms. The van der Waals surface area contributed by atoms with Crippen LogP contribution in [0.2, 0.25) is 0 Å². The van der Waals surface area contributed by atoms with Crippen LogP contribution in [-0.2, 0) is 15.1 Å². The number of nitrogens with zero attached hydrogens (tertiary/aromatic N) is 3. The van der Waals surface area contributed by atoms with Crippen LogP contribution < -0.4 is 5.32 Å². The minimum atomic E-state index is -1.13. The van der Waals surface area contributed by atoms with Crippen molar-refractivity contribution in [3.63, 3.8) is 0 Å². The molecule has 1 aromatic heterocycles. The third-order valence-electron chi connectivity index (χ3n) is 4.95. The van der Waals surface area contributed by atoms with Crippen molar-refractivity contribution in [2.24, 2.45) is 4.99 Å². The van der Waals surface area contributed by atoms with Gasteiger partial charge in [-0.1, -0.05) is 0 Å². The molecule has 2 N–H and O–H groups in total. The van der Waals surface area contributed by atoms with Crippen molar-refractivity contribution in [1.29, 1.82) is 0 Å². The highest BCUT2D eigenvalue weighted by Crippen LogP contribution is 2.20.